The van der Waals surface area contributed by atoms with Crippen LogP contribution in [0.1, 0.15) is 24.5 Å². The molecule has 0 fully saturated rings. The Kier molecular flexibility index (Phi) is 5.68. The smallest absolute Gasteiger partial charge is 0.0952 e. The second-order valence-corrected chi connectivity index (χ2v) is 5.79. The summed E-state index contributed by atoms with van der Waals surface area (Å²) in [5, 5.41) is 3.42. The van der Waals surface area contributed by atoms with Crippen LogP contribution in [0.3, 0.4) is 0 Å². The lowest BCUT2D eigenvalue weighted by molar-refractivity contribution is 0.563. The normalized spacial score (nSPS) is 10.8. The van der Waals surface area contributed by atoms with Gasteiger partial charge in [0.05, 0.1) is 12.5 Å². The summed E-state index contributed by atoms with van der Waals surface area (Å²) in [6.07, 6.45) is 4.65. The van der Waals surface area contributed by atoms with Crippen molar-refractivity contribution < 1.29 is 4.42 Å². The van der Waals surface area contributed by atoms with E-state index in [0.29, 0.717) is 0 Å². The molecule has 0 aliphatic rings. The minimum absolute atomic E-state index is 0.844. The monoisotopic (exact) mass is 336 g/mol. The predicted molar refractivity (Wildman–Crippen MR) is 87.0 cm³/mol. The van der Waals surface area contributed by atoms with E-state index in [-0.39, 0.29) is 0 Å². The molecule has 0 amide bonds. The van der Waals surface area contributed by atoms with Crippen molar-refractivity contribution in [2.75, 3.05) is 18.5 Å². The van der Waals surface area contributed by atoms with E-state index in [2.05, 4.69) is 58.3 Å². The van der Waals surface area contributed by atoms with Crippen LogP contribution in [0.5, 0.6) is 0 Å². The Balaban J connectivity index is 2.00. The molecule has 0 saturated carbocycles. The summed E-state index contributed by atoms with van der Waals surface area (Å²) in [5.74, 6) is 0. The van der Waals surface area contributed by atoms with E-state index in [1.54, 1.807) is 12.5 Å². The first-order valence-corrected chi connectivity index (χ1v) is 7.71. The molecule has 4 heteroatoms. The fourth-order valence-electron chi connectivity index (χ4n) is 2.06. The first-order chi connectivity index (χ1) is 9.70. The average Bonchev–Trinajstić information content (AvgIpc) is 2.93. The van der Waals surface area contributed by atoms with Crippen molar-refractivity contribution in [1.29, 1.82) is 0 Å². The van der Waals surface area contributed by atoms with Gasteiger partial charge in [-0.2, -0.15) is 0 Å². The van der Waals surface area contributed by atoms with Crippen LogP contribution < -0.4 is 10.2 Å². The fraction of sp³-hybridized carbons (Fsp3) is 0.375. The third-order valence-electron chi connectivity index (χ3n) is 3.22. The molecular weight excluding hydrogens is 316 g/mol. The van der Waals surface area contributed by atoms with Gasteiger partial charge in [-0.3, -0.25) is 0 Å². The third kappa shape index (κ3) is 4.12. The molecule has 0 aliphatic carbocycles. The number of benzene rings is 1. The zero-order chi connectivity index (χ0) is 14.4. The van der Waals surface area contributed by atoms with E-state index >= 15 is 0 Å². The van der Waals surface area contributed by atoms with Gasteiger partial charge in [-0.25, -0.2) is 0 Å². The highest BCUT2D eigenvalue weighted by atomic mass is 79.9. The van der Waals surface area contributed by atoms with Crippen LogP contribution in [0, 0.1) is 0 Å². The minimum atomic E-state index is 0.844. The third-order valence-corrected chi connectivity index (χ3v) is 3.96. The number of hydrogen-bond acceptors (Lipinski definition) is 3. The molecule has 0 atom stereocenters. The molecule has 3 nitrogen and oxygen atoms in total. The lowest BCUT2D eigenvalue weighted by Gasteiger charge is -2.19. The minimum Gasteiger partial charge on any atom is -0.472 e. The number of nitrogens with zero attached hydrogens (tertiary/aromatic N) is 1. The summed E-state index contributed by atoms with van der Waals surface area (Å²) < 4.78 is 6.26. The van der Waals surface area contributed by atoms with Gasteiger partial charge < -0.3 is 14.6 Å². The van der Waals surface area contributed by atoms with E-state index in [9.17, 15) is 0 Å². The molecule has 1 aromatic carbocycles. The van der Waals surface area contributed by atoms with Crippen molar-refractivity contribution in [3.63, 3.8) is 0 Å². The van der Waals surface area contributed by atoms with Crippen LogP contribution in [0.4, 0.5) is 5.69 Å². The second kappa shape index (κ2) is 7.50. The Morgan fingerprint density at radius 3 is 2.80 bits per heavy atom. The zero-order valence-electron chi connectivity index (χ0n) is 12.0. The van der Waals surface area contributed by atoms with Crippen molar-refractivity contribution in [3.8, 4) is 0 Å². The summed E-state index contributed by atoms with van der Waals surface area (Å²) in [5.41, 5.74) is 3.66. The molecule has 2 aromatic rings. The quantitative estimate of drug-likeness (QED) is 0.769. The summed E-state index contributed by atoms with van der Waals surface area (Å²) >= 11 is 3.66. The predicted octanol–water partition coefficient (Wildman–Crippen LogP) is 4.18. The molecule has 0 bridgehead atoms. The summed E-state index contributed by atoms with van der Waals surface area (Å²) in [7, 11) is 2.09. The number of hydrogen-bond donors (Lipinski definition) is 1. The lowest BCUT2D eigenvalue weighted by Crippen LogP contribution is -2.17. The van der Waals surface area contributed by atoms with Crippen molar-refractivity contribution in [1.82, 2.24) is 5.32 Å². The van der Waals surface area contributed by atoms with Gasteiger partial charge in [-0.05, 0) is 36.7 Å². The molecule has 1 heterocycles. The number of anilines is 1. The Hall–Kier alpha value is -1.26. The van der Waals surface area contributed by atoms with Crippen molar-refractivity contribution >= 4 is 21.6 Å². The van der Waals surface area contributed by atoms with E-state index in [1.165, 1.54) is 16.8 Å². The number of halogens is 1. The van der Waals surface area contributed by atoms with Gasteiger partial charge in [0.1, 0.15) is 0 Å². The van der Waals surface area contributed by atoms with Crippen LogP contribution in [0.25, 0.3) is 0 Å². The van der Waals surface area contributed by atoms with Gasteiger partial charge in [0, 0.05) is 35.9 Å². The Morgan fingerprint density at radius 1 is 1.30 bits per heavy atom. The molecule has 0 unspecified atom stereocenters. The molecule has 0 radical (unpaired) electrons. The standard InChI is InChI=1S/C16H21BrN2O/c1-3-7-18-10-14-4-5-15(9-16(14)17)19(2)11-13-6-8-20-12-13/h4-6,8-9,12,18H,3,7,10-11H2,1-2H3. The highest BCUT2D eigenvalue weighted by molar-refractivity contribution is 9.10. The van der Waals surface area contributed by atoms with Crippen molar-refractivity contribution in [3.05, 3.63) is 52.4 Å². The first-order valence-electron chi connectivity index (χ1n) is 6.92. The fourth-order valence-corrected chi connectivity index (χ4v) is 2.57. The SMILES string of the molecule is CCCNCc1ccc(N(C)Cc2ccoc2)cc1Br. The molecule has 0 aliphatic heterocycles. The number of rotatable bonds is 7. The lowest BCUT2D eigenvalue weighted by atomic mass is 10.2. The topological polar surface area (TPSA) is 28.4 Å². The van der Waals surface area contributed by atoms with Gasteiger partial charge in [-0.15, -0.1) is 0 Å². The number of nitrogens with one attached hydrogen (secondary N) is 1. The van der Waals surface area contributed by atoms with E-state index in [1.807, 2.05) is 6.07 Å². The maximum Gasteiger partial charge on any atom is 0.0952 e. The van der Waals surface area contributed by atoms with Crippen molar-refractivity contribution in [2.45, 2.75) is 26.4 Å². The van der Waals surface area contributed by atoms with Gasteiger partial charge >= 0.3 is 0 Å². The molecule has 1 aromatic heterocycles. The van der Waals surface area contributed by atoms with Crippen LogP contribution in [0.2, 0.25) is 0 Å². The Morgan fingerprint density at radius 2 is 2.15 bits per heavy atom. The highest BCUT2D eigenvalue weighted by Crippen LogP contribution is 2.24. The molecule has 20 heavy (non-hydrogen) atoms. The Bertz CT molecular complexity index is 525. The maximum atomic E-state index is 5.10. The largest absolute Gasteiger partial charge is 0.472 e. The maximum absolute atomic E-state index is 5.10. The van der Waals surface area contributed by atoms with E-state index in [4.69, 9.17) is 4.42 Å². The summed E-state index contributed by atoms with van der Waals surface area (Å²) in [6, 6.07) is 8.50. The van der Waals surface area contributed by atoms with Gasteiger partial charge in [0.15, 0.2) is 0 Å². The highest BCUT2D eigenvalue weighted by Gasteiger charge is 2.06. The van der Waals surface area contributed by atoms with E-state index in [0.717, 1.165) is 30.5 Å². The summed E-state index contributed by atoms with van der Waals surface area (Å²) in [6.45, 7) is 4.97. The molecular formula is C16H21BrN2O. The molecule has 2 rings (SSSR count). The van der Waals surface area contributed by atoms with Crippen LogP contribution >= 0.6 is 15.9 Å². The van der Waals surface area contributed by atoms with Gasteiger partial charge in [0.25, 0.3) is 0 Å². The summed E-state index contributed by atoms with van der Waals surface area (Å²) in [4.78, 5) is 2.21. The average molecular weight is 337 g/mol. The van der Waals surface area contributed by atoms with Gasteiger partial charge in [0.2, 0.25) is 0 Å². The molecule has 0 saturated heterocycles. The first kappa shape index (κ1) is 15.1. The zero-order valence-corrected chi connectivity index (χ0v) is 13.6. The van der Waals surface area contributed by atoms with Crippen LogP contribution in [0.15, 0.2) is 45.7 Å². The van der Waals surface area contributed by atoms with Crippen LogP contribution in [-0.2, 0) is 13.1 Å². The van der Waals surface area contributed by atoms with Crippen LogP contribution in [-0.4, -0.2) is 13.6 Å². The van der Waals surface area contributed by atoms with Gasteiger partial charge in [-0.1, -0.05) is 28.9 Å². The molecule has 108 valence electrons. The van der Waals surface area contributed by atoms with Crippen molar-refractivity contribution in [2.24, 2.45) is 0 Å². The Labute approximate surface area is 129 Å². The second-order valence-electron chi connectivity index (χ2n) is 4.94. The molecule has 1 N–H and O–H groups in total. The van der Waals surface area contributed by atoms with E-state index < -0.39 is 0 Å². The number of furan rings is 1. The molecule has 0 spiro atoms.